The number of guanidine groups is 1. The van der Waals surface area contributed by atoms with Crippen molar-refractivity contribution in [2.24, 2.45) is 10.4 Å². The molecule has 1 atom stereocenters. The second-order valence-electron chi connectivity index (χ2n) is 7.62. The van der Waals surface area contributed by atoms with E-state index < -0.39 is 0 Å². The van der Waals surface area contributed by atoms with Crippen LogP contribution in [0.3, 0.4) is 0 Å². The van der Waals surface area contributed by atoms with Gasteiger partial charge in [-0.25, -0.2) is 0 Å². The molecule has 0 aromatic carbocycles. The van der Waals surface area contributed by atoms with Crippen LogP contribution in [0.5, 0.6) is 0 Å². The number of nitrogens with one attached hydrogen (secondary N) is 1. The normalized spacial score (nSPS) is 29.9. The molecule has 2 heterocycles. The molecule has 1 aliphatic carbocycles. The highest BCUT2D eigenvalue weighted by Gasteiger charge is 2.43. The van der Waals surface area contributed by atoms with Crippen LogP contribution in [0.25, 0.3) is 0 Å². The number of piperazine rings is 1. The Balaban J connectivity index is 1.60. The summed E-state index contributed by atoms with van der Waals surface area (Å²) in [5.74, 6) is 1.15. The Hall–Kier alpha value is -0.810. The summed E-state index contributed by atoms with van der Waals surface area (Å²) >= 11 is 0. The molecule has 1 saturated carbocycles. The smallest absolute Gasteiger partial charge is 0.193 e. The van der Waals surface area contributed by atoms with Gasteiger partial charge < -0.3 is 15.1 Å². The van der Waals surface area contributed by atoms with E-state index in [0.717, 1.165) is 32.1 Å². The average Bonchev–Trinajstić information content (AvgIpc) is 2.92. The molecule has 22 heavy (non-hydrogen) atoms. The third kappa shape index (κ3) is 3.40. The standard InChI is InChI=1S/C17H33N5/c1-4-18-16(22-9-8-17(14-22)6-5-7-17)19-12-15-13-20(2)10-11-21(15)3/h15H,4-14H2,1-3H3,(H,18,19). The summed E-state index contributed by atoms with van der Waals surface area (Å²) in [6, 6.07) is 0.549. The lowest BCUT2D eigenvalue weighted by atomic mass is 9.68. The first-order chi connectivity index (χ1) is 10.6. The third-order valence-electron chi connectivity index (χ3n) is 5.92. The number of rotatable bonds is 3. The van der Waals surface area contributed by atoms with Gasteiger partial charge in [0.15, 0.2) is 5.96 Å². The summed E-state index contributed by atoms with van der Waals surface area (Å²) < 4.78 is 0. The molecular weight excluding hydrogens is 274 g/mol. The predicted octanol–water partition coefficient (Wildman–Crippen LogP) is 1.07. The zero-order valence-electron chi connectivity index (χ0n) is 14.6. The molecule has 1 spiro atoms. The highest BCUT2D eigenvalue weighted by atomic mass is 15.3. The van der Waals surface area contributed by atoms with Crippen molar-refractivity contribution in [3.05, 3.63) is 0 Å². The van der Waals surface area contributed by atoms with Gasteiger partial charge in [0.05, 0.1) is 6.54 Å². The van der Waals surface area contributed by atoms with Crippen LogP contribution < -0.4 is 5.32 Å². The van der Waals surface area contributed by atoms with Gasteiger partial charge in [-0.05, 0) is 45.7 Å². The minimum absolute atomic E-state index is 0.549. The van der Waals surface area contributed by atoms with E-state index in [9.17, 15) is 0 Å². The zero-order chi connectivity index (χ0) is 15.6. The van der Waals surface area contributed by atoms with Crippen LogP contribution in [0, 0.1) is 5.41 Å². The lowest BCUT2D eigenvalue weighted by Crippen LogP contribution is -2.52. The van der Waals surface area contributed by atoms with Crippen molar-refractivity contribution in [3.8, 4) is 0 Å². The molecule has 1 N–H and O–H groups in total. The average molecular weight is 307 g/mol. The first-order valence-electron chi connectivity index (χ1n) is 9.04. The van der Waals surface area contributed by atoms with Crippen LogP contribution in [-0.2, 0) is 0 Å². The lowest BCUT2D eigenvalue weighted by molar-refractivity contribution is 0.119. The summed E-state index contributed by atoms with van der Waals surface area (Å²) in [6.45, 7) is 9.90. The number of aliphatic imine (C=N–C) groups is 1. The molecule has 0 radical (unpaired) electrons. The van der Waals surface area contributed by atoms with Gasteiger partial charge in [0.2, 0.25) is 0 Å². The van der Waals surface area contributed by atoms with E-state index in [1.165, 1.54) is 45.3 Å². The van der Waals surface area contributed by atoms with Crippen molar-refractivity contribution in [2.75, 3.05) is 59.9 Å². The first-order valence-corrected chi connectivity index (χ1v) is 9.04. The van der Waals surface area contributed by atoms with Crippen molar-refractivity contribution in [3.63, 3.8) is 0 Å². The van der Waals surface area contributed by atoms with Gasteiger partial charge in [0, 0.05) is 45.3 Å². The number of hydrogen-bond donors (Lipinski definition) is 1. The maximum absolute atomic E-state index is 4.99. The molecule has 5 nitrogen and oxygen atoms in total. The maximum atomic E-state index is 4.99. The molecule has 0 aromatic rings. The lowest BCUT2D eigenvalue weighted by Gasteiger charge is -2.38. The Morgan fingerprint density at radius 1 is 1.18 bits per heavy atom. The molecule has 3 fully saturated rings. The molecule has 1 unspecified atom stereocenters. The van der Waals surface area contributed by atoms with Crippen molar-refractivity contribution in [2.45, 2.75) is 38.6 Å². The van der Waals surface area contributed by atoms with E-state index in [0.29, 0.717) is 11.5 Å². The van der Waals surface area contributed by atoms with E-state index in [2.05, 4.69) is 41.0 Å². The first kappa shape index (κ1) is 16.1. The zero-order valence-corrected chi connectivity index (χ0v) is 14.6. The second kappa shape index (κ2) is 6.75. The Morgan fingerprint density at radius 3 is 2.64 bits per heavy atom. The van der Waals surface area contributed by atoms with Crippen molar-refractivity contribution in [1.82, 2.24) is 20.0 Å². The predicted molar refractivity (Wildman–Crippen MR) is 92.4 cm³/mol. The number of hydrogen-bond acceptors (Lipinski definition) is 3. The third-order valence-corrected chi connectivity index (χ3v) is 5.92. The second-order valence-corrected chi connectivity index (χ2v) is 7.62. The Bertz CT molecular complexity index is 404. The van der Waals surface area contributed by atoms with Gasteiger partial charge >= 0.3 is 0 Å². The van der Waals surface area contributed by atoms with E-state index in [1.807, 2.05) is 0 Å². The molecule has 5 heteroatoms. The summed E-state index contributed by atoms with van der Waals surface area (Å²) in [5.41, 5.74) is 0.637. The SMILES string of the molecule is CCNC(=NCC1CN(C)CCN1C)N1CCC2(CCC2)C1. The van der Waals surface area contributed by atoms with Gasteiger partial charge in [-0.3, -0.25) is 9.89 Å². The van der Waals surface area contributed by atoms with E-state index in [4.69, 9.17) is 4.99 Å². The monoisotopic (exact) mass is 307 g/mol. The van der Waals surface area contributed by atoms with Gasteiger partial charge in [0.25, 0.3) is 0 Å². The Morgan fingerprint density at radius 2 is 2.00 bits per heavy atom. The molecule has 2 aliphatic heterocycles. The summed E-state index contributed by atoms with van der Waals surface area (Å²) in [7, 11) is 4.45. The number of likely N-dealkylation sites (N-methyl/N-ethyl adjacent to an activating group) is 2. The van der Waals surface area contributed by atoms with E-state index in [-0.39, 0.29) is 0 Å². The fourth-order valence-electron chi connectivity index (χ4n) is 4.12. The molecular formula is C17H33N5. The molecule has 2 saturated heterocycles. The molecule has 3 aliphatic rings. The highest BCUT2D eigenvalue weighted by molar-refractivity contribution is 5.80. The number of nitrogens with zero attached hydrogens (tertiary/aromatic N) is 4. The summed E-state index contributed by atoms with van der Waals surface area (Å²) in [6.07, 6.45) is 5.66. The fourth-order valence-corrected chi connectivity index (χ4v) is 4.12. The fraction of sp³-hybridized carbons (Fsp3) is 0.941. The van der Waals surface area contributed by atoms with Crippen LogP contribution >= 0.6 is 0 Å². The van der Waals surface area contributed by atoms with Gasteiger partial charge in [0.1, 0.15) is 0 Å². The highest BCUT2D eigenvalue weighted by Crippen LogP contribution is 2.47. The van der Waals surface area contributed by atoms with Gasteiger partial charge in [-0.15, -0.1) is 0 Å². The van der Waals surface area contributed by atoms with Crippen molar-refractivity contribution in [1.29, 1.82) is 0 Å². The van der Waals surface area contributed by atoms with Gasteiger partial charge in [-0.1, -0.05) is 6.42 Å². The van der Waals surface area contributed by atoms with Crippen LogP contribution in [0.1, 0.15) is 32.6 Å². The summed E-state index contributed by atoms with van der Waals surface area (Å²) in [4.78, 5) is 12.4. The largest absolute Gasteiger partial charge is 0.357 e. The Kier molecular flexibility index (Phi) is 4.93. The topological polar surface area (TPSA) is 34.1 Å². The van der Waals surface area contributed by atoms with Crippen molar-refractivity contribution < 1.29 is 0 Å². The van der Waals surface area contributed by atoms with Crippen LogP contribution in [0.2, 0.25) is 0 Å². The molecule has 126 valence electrons. The molecule has 3 rings (SSSR count). The molecule has 0 aromatic heterocycles. The number of likely N-dealkylation sites (tertiary alicyclic amines) is 1. The van der Waals surface area contributed by atoms with E-state index in [1.54, 1.807) is 0 Å². The van der Waals surface area contributed by atoms with Gasteiger partial charge in [-0.2, -0.15) is 0 Å². The maximum Gasteiger partial charge on any atom is 0.193 e. The molecule has 0 bridgehead atoms. The van der Waals surface area contributed by atoms with E-state index >= 15 is 0 Å². The van der Waals surface area contributed by atoms with Crippen molar-refractivity contribution >= 4 is 5.96 Å². The Labute approximate surface area is 135 Å². The minimum atomic E-state index is 0.549. The molecule has 0 amide bonds. The van der Waals surface area contributed by atoms with Crippen LogP contribution in [0.4, 0.5) is 0 Å². The van der Waals surface area contributed by atoms with Crippen LogP contribution in [-0.4, -0.2) is 86.6 Å². The quantitative estimate of drug-likeness (QED) is 0.625. The minimum Gasteiger partial charge on any atom is -0.357 e. The summed E-state index contributed by atoms with van der Waals surface area (Å²) in [5, 5.41) is 3.52. The van der Waals surface area contributed by atoms with Crippen LogP contribution in [0.15, 0.2) is 4.99 Å².